The first-order valence-electron chi connectivity index (χ1n) is 9.67. The minimum absolute atomic E-state index is 0.0397. The summed E-state index contributed by atoms with van der Waals surface area (Å²) in [4.78, 5) is 15.0. The van der Waals surface area contributed by atoms with E-state index in [1.807, 2.05) is 4.90 Å². The average molecular weight is 367 g/mol. The number of alkyl halides is 2. The number of hydrogen-bond acceptors (Lipinski definition) is 1. The van der Waals surface area contributed by atoms with Crippen molar-refractivity contribution in [3.8, 4) is 11.1 Å². The van der Waals surface area contributed by atoms with Crippen molar-refractivity contribution < 1.29 is 13.6 Å². The van der Waals surface area contributed by atoms with Gasteiger partial charge in [-0.2, -0.15) is 8.78 Å². The van der Waals surface area contributed by atoms with Crippen molar-refractivity contribution in [3.63, 3.8) is 0 Å². The minimum Gasteiger partial charge on any atom is -0.336 e. The van der Waals surface area contributed by atoms with E-state index in [4.69, 9.17) is 0 Å². The molecule has 3 aliphatic rings. The Kier molecular flexibility index (Phi) is 3.24. The summed E-state index contributed by atoms with van der Waals surface area (Å²) in [5.74, 6) is -2.31. The summed E-state index contributed by atoms with van der Waals surface area (Å²) >= 11 is 0. The summed E-state index contributed by atoms with van der Waals surface area (Å²) in [6.07, 6.45) is 1.32. The van der Waals surface area contributed by atoms with Gasteiger partial charge in [-0.15, -0.1) is 0 Å². The molecule has 4 heteroatoms. The van der Waals surface area contributed by atoms with Gasteiger partial charge in [-0.05, 0) is 41.4 Å². The fourth-order valence-corrected chi connectivity index (χ4v) is 5.64. The van der Waals surface area contributed by atoms with Crippen LogP contribution in [-0.4, -0.2) is 22.9 Å². The molecule has 2 nitrogen and oxygen atoms in total. The van der Waals surface area contributed by atoms with Crippen molar-refractivity contribution in [1.82, 2.24) is 4.90 Å². The highest BCUT2D eigenvalue weighted by molar-refractivity contribution is 5.83. The van der Waals surface area contributed by atoms with E-state index >= 15 is 0 Å². The molecule has 1 saturated carbocycles. The second-order valence-electron chi connectivity index (χ2n) is 8.77. The van der Waals surface area contributed by atoms with Gasteiger partial charge in [0.05, 0.1) is 6.42 Å². The zero-order valence-electron chi connectivity index (χ0n) is 15.8. The number of benzene rings is 2. The molecule has 2 aliphatic carbocycles. The van der Waals surface area contributed by atoms with Crippen molar-refractivity contribution in [2.75, 3.05) is 0 Å². The predicted molar refractivity (Wildman–Crippen MR) is 101 cm³/mol. The average Bonchev–Trinajstić information content (AvgIpc) is 2.91. The Morgan fingerprint density at radius 2 is 1.81 bits per heavy atom. The number of rotatable bonds is 2. The Balaban J connectivity index is 1.45. The fraction of sp³-hybridized carbons (Fsp3) is 0.435. The van der Waals surface area contributed by atoms with Gasteiger partial charge in [0.25, 0.3) is 5.92 Å². The number of carbonyl (C=O) groups excluding carboxylic acids is 1. The lowest BCUT2D eigenvalue weighted by Crippen LogP contribution is -2.38. The summed E-state index contributed by atoms with van der Waals surface area (Å²) in [6.45, 7) is 6.59. The Morgan fingerprint density at radius 1 is 1.11 bits per heavy atom. The molecule has 140 valence electrons. The molecule has 2 aromatic carbocycles. The van der Waals surface area contributed by atoms with Crippen molar-refractivity contribution in [2.45, 2.75) is 51.6 Å². The molecule has 0 bridgehead atoms. The first-order valence-corrected chi connectivity index (χ1v) is 9.67. The second kappa shape index (κ2) is 5.18. The molecule has 3 unspecified atom stereocenters. The van der Waals surface area contributed by atoms with Crippen LogP contribution in [0.3, 0.4) is 0 Å². The molecule has 1 aliphatic heterocycles. The number of hydrogen-bond donors (Lipinski definition) is 0. The van der Waals surface area contributed by atoms with Crippen LogP contribution in [0.25, 0.3) is 11.1 Å². The number of halogens is 2. The van der Waals surface area contributed by atoms with Crippen LogP contribution < -0.4 is 0 Å². The third kappa shape index (κ3) is 2.13. The summed E-state index contributed by atoms with van der Waals surface area (Å²) < 4.78 is 29.4. The van der Waals surface area contributed by atoms with Crippen LogP contribution in [0, 0.1) is 11.3 Å². The molecule has 1 saturated heterocycles. The van der Waals surface area contributed by atoms with Crippen molar-refractivity contribution >= 4 is 5.91 Å². The molecule has 0 N–H and O–H groups in total. The van der Waals surface area contributed by atoms with Gasteiger partial charge in [0, 0.05) is 23.2 Å². The molecule has 27 heavy (non-hydrogen) atoms. The second-order valence-corrected chi connectivity index (χ2v) is 8.77. The lowest BCUT2D eigenvalue weighted by molar-refractivity contribution is -0.132. The Hall–Kier alpha value is -2.23. The van der Waals surface area contributed by atoms with Gasteiger partial charge in [0.2, 0.25) is 5.91 Å². The van der Waals surface area contributed by atoms with E-state index in [0.717, 1.165) is 12.0 Å². The topological polar surface area (TPSA) is 20.3 Å². The number of piperidine rings is 1. The normalized spacial score (nSPS) is 32.0. The zero-order chi connectivity index (χ0) is 19.1. The van der Waals surface area contributed by atoms with E-state index in [-0.39, 0.29) is 34.9 Å². The molecule has 2 fully saturated rings. The molecule has 0 spiro atoms. The first-order chi connectivity index (χ1) is 12.7. The van der Waals surface area contributed by atoms with Crippen LogP contribution in [-0.2, 0) is 17.1 Å². The quantitative estimate of drug-likeness (QED) is 0.732. The van der Waals surface area contributed by atoms with Gasteiger partial charge in [0.15, 0.2) is 0 Å². The lowest BCUT2D eigenvalue weighted by atomic mass is 9.99. The van der Waals surface area contributed by atoms with Crippen molar-refractivity contribution in [2.24, 2.45) is 11.3 Å². The SMILES string of the molecule is CC1C[C@]2(C)C(C)C2N1C(=O)Cc1ccc2c(c1)-c1ccccc1C2(F)F. The molecule has 5 rings (SSSR count). The van der Waals surface area contributed by atoms with Crippen LogP contribution in [0.5, 0.6) is 0 Å². The largest absolute Gasteiger partial charge is 0.336 e. The van der Waals surface area contributed by atoms with Crippen molar-refractivity contribution in [1.29, 1.82) is 0 Å². The number of nitrogens with zero attached hydrogens (tertiary/aromatic N) is 1. The predicted octanol–water partition coefficient (Wildman–Crippen LogP) is 5.00. The van der Waals surface area contributed by atoms with Gasteiger partial charge in [-0.25, -0.2) is 0 Å². The maximum atomic E-state index is 14.7. The molecule has 4 atom stereocenters. The maximum Gasteiger partial charge on any atom is 0.299 e. The molecule has 2 aromatic rings. The molecule has 0 radical (unpaired) electrons. The highest BCUT2D eigenvalue weighted by Gasteiger charge is 2.67. The third-order valence-corrected chi connectivity index (χ3v) is 7.21. The van der Waals surface area contributed by atoms with Gasteiger partial charge in [-0.3, -0.25) is 4.79 Å². The smallest absolute Gasteiger partial charge is 0.299 e. The monoisotopic (exact) mass is 367 g/mol. The number of amides is 1. The van der Waals surface area contributed by atoms with E-state index in [1.54, 1.807) is 30.3 Å². The minimum atomic E-state index is -2.97. The first kappa shape index (κ1) is 16.9. The van der Waals surface area contributed by atoms with E-state index < -0.39 is 5.92 Å². The number of carbonyl (C=O) groups is 1. The van der Waals surface area contributed by atoms with Crippen LogP contribution in [0.4, 0.5) is 8.78 Å². The maximum absolute atomic E-state index is 14.7. The molecular weight excluding hydrogens is 344 g/mol. The van der Waals surface area contributed by atoms with Crippen LogP contribution in [0.1, 0.15) is 43.9 Å². The summed E-state index contributed by atoms with van der Waals surface area (Å²) in [7, 11) is 0. The summed E-state index contributed by atoms with van der Waals surface area (Å²) in [6, 6.07) is 12.2. The number of fused-ring (bicyclic) bond motifs is 4. The van der Waals surface area contributed by atoms with Crippen LogP contribution in [0.2, 0.25) is 0 Å². The van der Waals surface area contributed by atoms with Gasteiger partial charge in [0.1, 0.15) is 0 Å². The molecule has 0 aromatic heterocycles. The van der Waals surface area contributed by atoms with Crippen LogP contribution in [0.15, 0.2) is 42.5 Å². The Morgan fingerprint density at radius 3 is 2.56 bits per heavy atom. The fourth-order valence-electron chi connectivity index (χ4n) is 5.64. The summed E-state index contributed by atoms with van der Waals surface area (Å²) in [5, 5.41) is 0. The Labute approximate surface area is 158 Å². The summed E-state index contributed by atoms with van der Waals surface area (Å²) in [5.41, 5.74) is 2.29. The third-order valence-electron chi connectivity index (χ3n) is 7.21. The van der Waals surface area contributed by atoms with E-state index in [2.05, 4.69) is 20.8 Å². The van der Waals surface area contributed by atoms with E-state index in [9.17, 15) is 13.6 Å². The lowest BCUT2D eigenvalue weighted by Gasteiger charge is -2.26. The standard InChI is InChI=1S/C23H23F2NO/c1-13-12-22(3)14(2)21(22)26(13)20(27)11-15-8-9-19-17(10-15)16-6-4-5-7-18(16)23(19,24)25/h4-10,13-14,21H,11-12H2,1-3H3/t13?,14?,21?,22-/m1/s1. The molecule has 1 heterocycles. The molecular formula is C23H23F2NO. The van der Waals surface area contributed by atoms with Gasteiger partial charge < -0.3 is 4.90 Å². The number of likely N-dealkylation sites (tertiary alicyclic amines) is 1. The zero-order valence-corrected chi connectivity index (χ0v) is 15.8. The van der Waals surface area contributed by atoms with Gasteiger partial charge in [-0.1, -0.05) is 56.3 Å². The van der Waals surface area contributed by atoms with E-state index in [1.165, 1.54) is 12.1 Å². The van der Waals surface area contributed by atoms with E-state index in [0.29, 0.717) is 23.1 Å². The van der Waals surface area contributed by atoms with Crippen molar-refractivity contribution in [3.05, 3.63) is 59.2 Å². The highest BCUT2D eigenvalue weighted by atomic mass is 19.3. The van der Waals surface area contributed by atoms with Gasteiger partial charge >= 0.3 is 0 Å². The molecule has 1 amide bonds. The highest BCUT2D eigenvalue weighted by Crippen LogP contribution is 2.63. The Bertz CT molecular complexity index is 969. The van der Waals surface area contributed by atoms with Crippen LogP contribution >= 0.6 is 0 Å².